The van der Waals surface area contributed by atoms with Crippen LogP contribution in [0.3, 0.4) is 0 Å². The van der Waals surface area contributed by atoms with E-state index >= 15 is 0 Å². The van der Waals surface area contributed by atoms with Crippen LogP contribution < -0.4 is 0 Å². The Morgan fingerprint density at radius 2 is 1.50 bits per heavy atom. The highest BCUT2D eigenvalue weighted by Crippen LogP contribution is 2.22. The van der Waals surface area contributed by atoms with Gasteiger partial charge in [0, 0.05) is 24.1 Å². The molecule has 0 aromatic carbocycles. The zero-order valence-corrected chi connectivity index (χ0v) is 10.8. The highest BCUT2D eigenvalue weighted by atomic mass is 15.0. The summed E-state index contributed by atoms with van der Waals surface area (Å²) in [6.45, 7) is 7.62. The van der Waals surface area contributed by atoms with Gasteiger partial charge in [-0.05, 0) is 0 Å². The van der Waals surface area contributed by atoms with Crippen molar-refractivity contribution >= 4 is 0 Å². The number of aromatic nitrogens is 3. The molecule has 0 fully saturated rings. The van der Waals surface area contributed by atoms with Crippen LogP contribution >= 0.6 is 0 Å². The lowest BCUT2D eigenvalue weighted by Crippen LogP contribution is -2.20. The third kappa shape index (κ3) is 3.00. The quantitative estimate of drug-likeness (QED) is 0.775. The van der Waals surface area contributed by atoms with Crippen molar-refractivity contribution in [3.8, 4) is 0 Å². The largest absolute Gasteiger partial charge is 0.217 e. The van der Waals surface area contributed by atoms with E-state index in [1.807, 2.05) is 20.8 Å². The van der Waals surface area contributed by atoms with E-state index in [0.29, 0.717) is 5.82 Å². The minimum absolute atomic E-state index is 0.113. The first-order chi connectivity index (χ1) is 9.07. The Labute approximate surface area is 106 Å². The van der Waals surface area contributed by atoms with Crippen LogP contribution in [-0.4, -0.2) is 15.0 Å². The molecule has 1 aromatic heterocycles. The van der Waals surface area contributed by atoms with Crippen molar-refractivity contribution in [2.75, 3.05) is 0 Å². The van der Waals surface area contributed by atoms with E-state index in [2.05, 4.69) is 15.0 Å². The predicted molar refractivity (Wildman–Crippen MR) is 66.7 cm³/mol. The molecular weight excluding hydrogens is 198 g/mol. The second-order valence-corrected chi connectivity index (χ2v) is 5.18. The lowest BCUT2D eigenvalue weighted by Gasteiger charge is -2.19. The van der Waals surface area contributed by atoms with Gasteiger partial charge in [-0.25, -0.2) is 15.0 Å². The van der Waals surface area contributed by atoms with Gasteiger partial charge in [-0.3, -0.25) is 0 Å². The Morgan fingerprint density at radius 1 is 1.00 bits per heavy atom. The van der Waals surface area contributed by atoms with Crippen molar-refractivity contribution in [2.45, 2.75) is 65.6 Å². The molecule has 1 unspecified atom stereocenters. The minimum Gasteiger partial charge on any atom is -0.217 e. The minimum atomic E-state index is -2.56. The van der Waals surface area contributed by atoms with E-state index in [9.17, 15) is 0 Å². The Morgan fingerprint density at radius 3 is 1.88 bits per heavy atom. The molecule has 0 spiro atoms. The Hall–Kier alpha value is -0.990. The van der Waals surface area contributed by atoms with E-state index in [1.54, 1.807) is 13.8 Å². The van der Waals surface area contributed by atoms with Crippen LogP contribution in [0.5, 0.6) is 0 Å². The summed E-state index contributed by atoms with van der Waals surface area (Å²) in [7, 11) is 0. The monoisotopic (exact) mass is 226 g/mol. The van der Waals surface area contributed by atoms with Crippen LogP contribution in [0.1, 0.15) is 84.5 Å². The summed E-state index contributed by atoms with van der Waals surface area (Å²) in [6.07, 6.45) is 0. The third-order valence-electron chi connectivity index (χ3n) is 2.09. The third-order valence-corrected chi connectivity index (χ3v) is 2.09. The molecule has 3 heteroatoms. The summed E-state index contributed by atoms with van der Waals surface area (Å²) < 4.78 is 38.8. The van der Waals surface area contributed by atoms with E-state index in [1.165, 1.54) is 6.92 Å². The topological polar surface area (TPSA) is 38.7 Å². The molecule has 1 rings (SSSR count). The van der Waals surface area contributed by atoms with Gasteiger partial charge in [0.05, 0.1) is 0 Å². The predicted octanol–water partition coefficient (Wildman–Crippen LogP) is 3.42. The summed E-state index contributed by atoms with van der Waals surface area (Å²) in [4.78, 5) is 12.6. The van der Waals surface area contributed by atoms with Gasteiger partial charge in [0.1, 0.15) is 17.5 Å². The average Bonchev–Trinajstić information content (AvgIpc) is 2.24. The smallest absolute Gasteiger partial charge is 0.137 e. The SMILES string of the molecule is [2H]C(C)(C)c1nc(C(C)(C)C)nc(C([2H])(C)C([2H])([2H])[2H])n1. The molecule has 3 nitrogen and oxygen atoms in total. The van der Waals surface area contributed by atoms with Crippen LogP contribution in [0.2, 0.25) is 0 Å². The molecule has 1 aromatic rings. The highest BCUT2D eigenvalue weighted by molar-refractivity contribution is 5.09. The molecule has 0 amide bonds. The van der Waals surface area contributed by atoms with Gasteiger partial charge in [0.2, 0.25) is 0 Å². The second kappa shape index (κ2) is 4.48. The first-order valence-corrected chi connectivity index (χ1v) is 5.34. The molecular formula is C13H23N3. The van der Waals surface area contributed by atoms with Crippen LogP contribution in [0.15, 0.2) is 0 Å². The maximum absolute atomic E-state index is 8.14. The van der Waals surface area contributed by atoms with E-state index in [4.69, 9.17) is 6.85 Å². The number of hydrogen-bond donors (Lipinski definition) is 0. The van der Waals surface area contributed by atoms with Gasteiger partial charge in [-0.1, -0.05) is 48.4 Å². The summed E-state index contributed by atoms with van der Waals surface area (Å²) in [6, 6.07) is 0. The average molecular weight is 226 g/mol. The molecule has 0 aliphatic carbocycles. The molecule has 0 radical (unpaired) electrons. The molecule has 1 heterocycles. The van der Waals surface area contributed by atoms with E-state index in [0.717, 1.165) is 0 Å². The molecule has 0 aliphatic heterocycles. The Bertz CT molecular complexity index is 492. The van der Waals surface area contributed by atoms with E-state index < -0.39 is 24.1 Å². The molecule has 0 saturated heterocycles. The van der Waals surface area contributed by atoms with Crippen LogP contribution in [-0.2, 0) is 5.41 Å². The fraction of sp³-hybridized carbons (Fsp3) is 0.769. The van der Waals surface area contributed by atoms with E-state index in [-0.39, 0.29) is 11.6 Å². The lowest BCUT2D eigenvalue weighted by atomic mass is 9.95. The van der Waals surface area contributed by atoms with Crippen LogP contribution in [0, 0.1) is 0 Å². The normalized spacial score (nSPS) is 22.2. The molecule has 0 aliphatic rings. The molecule has 0 N–H and O–H groups in total. The summed E-state index contributed by atoms with van der Waals surface area (Å²) in [5.41, 5.74) is -0.428. The van der Waals surface area contributed by atoms with Gasteiger partial charge in [-0.2, -0.15) is 0 Å². The summed E-state index contributed by atoms with van der Waals surface area (Å²) in [5.74, 6) is -2.58. The number of rotatable bonds is 2. The first kappa shape index (κ1) is 7.36. The van der Waals surface area contributed by atoms with Crippen molar-refractivity contribution < 1.29 is 6.85 Å². The second-order valence-electron chi connectivity index (χ2n) is 5.18. The zero-order valence-electron chi connectivity index (χ0n) is 15.8. The van der Waals surface area contributed by atoms with Crippen molar-refractivity contribution in [3.63, 3.8) is 0 Å². The zero-order chi connectivity index (χ0) is 16.9. The molecule has 1 atom stereocenters. The maximum atomic E-state index is 8.14. The fourth-order valence-corrected chi connectivity index (χ4v) is 1.10. The maximum Gasteiger partial charge on any atom is 0.137 e. The Balaban J connectivity index is 3.61. The standard InChI is InChI=1S/C13H23N3/c1-8(2)10-14-11(9(3)4)16-12(15-10)13(5,6)7/h8-9H,1-7H3/i1D3,8D,9D. The van der Waals surface area contributed by atoms with Crippen molar-refractivity contribution in [1.82, 2.24) is 15.0 Å². The van der Waals surface area contributed by atoms with Crippen molar-refractivity contribution in [3.05, 3.63) is 17.5 Å². The van der Waals surface area contributed by atoms with Gasteiger partial charge in [0.25, 0.3) is 0 Å². The number of hydrogen-bond acceptors (Lipinski definition) is 3. The summed E-state index contributed by atoms with van der Waals surface area (Å²) >= 11 is 0. The van der Waals surface area contributed by atoms with Gasteiger partial charge in [0.15, 0.2) is 0 Å². The van der Waals surface area contributed by atoms with Crippen LogP contribution in [0.25, 0.3) is 0 Å². The first-order valence-electron chi connectivity index (χ1n) is 7.84. The lowest BCUT2D eigenvalue weighted by molar-refractivity contribution is 0.520. The molecule has 0 bridgehead atoms. The molecule has 16 heavy (non-hydrogen) atoms. The highest BCUT2D eigenvalue weighted by Gasteiger charge is 2.21. The van der Waals surface area contributed by atoms with Gasteiger partial charge in [-0.15, -0.1) is 0 Å². The van der Waals surface area contributed by atoms with Crippen molar-refractivity contribution in [2.24, 2.45) is 0 Å². The van der Waals surface area contributed by atoms with Crippen LogP contribution in [0.4, 0.5) is 0 Å². The fourth-order valence-electron chi connectivity index (χ4n) is 1.10. The molecule has 0 saturated carbocycles. The summed E-state index contributed by atoms with van der Waals surface area (Å²) in [5, 5.41) is 0. The van der Waals surface area contributed by atoms with Gasteiger partial charge >= 0.3 is 0 Å². The number of nitrogens with zero attached hydrogens (tertiary/aromatic N) is 3. The Kier molecular flexibility index (Phi) is 2.06. The van der Waals surface area contributed by atoms with Gasteiger partial charge < -0.3 is 0 Å². The van der Waals surface area contributed by atoms with Crippen molar-refractivity contribution in [1.29, 1.82) is 0 Å². The molecule has 90 valence electrons.